The van der Waals surface area contributed by atoms with Crippen molar-refractivity contribution in [1.29, 1.82) is 0 Å². The molecule has 1 aromatic carbocycles. The number of nitrogens with zero attached hydrogens (tertiary/aromatic N) is 4. The molecule has 0 amide bonds. The molecule has 0 unspecified atom stereocenters. The zero-order chi connectivity index (χ0) is 27.1. The summed E-state index contributed by atoms with van der Waals surface area (Å²) in [6.45, 7) is 4.43. The van der Waals surface area contributed by atoms with E-state index >= 15 is 0 Å². The lowest BCUT2D eigenvalue weighted by Crippen LogP contribution is -2.33. The van der Waals surface area contributed by atoms with Gasteiger partial charge in [-0.2, -0.15) is 4.40 Å². The van der Waals surface area contributed by atoms with Gasteiger partial charge in [-0.15, -0.1) is 0 Å². The van der Waals surface area contributed by atoms with E-state index in [1.54, 1.807) is 20.3 Å². The van der Waals surface area contributed by atoms with Gasteiger partial charge in [-0.3, -0.25) is 9.55 Å². The molecule has 10 nitrogen and oxygen atoms in total. The van der Waals surface area contributed by atoms with Crippen molar-refractivity contribution in [3.63, 3.8) is 0 Å². The first-order chi connectivity index (χ1) is 18.4. The van der Waals surface area contributed by atoms with E-state index in [1.807, 2.05) is 73.2 Å². The van der Waals surface area contributed by atoms with Crippen molar-refractivity contribution in [2.24, 2.45) is 10.1 Å². The predicted molar refractivity (Wildman–Crippen MR) is 152 cm³/mol. The highest BCUT2D eigenvalue weighted by Gasteiger charge is 2.19. The van der Waals surface area contributed by atoms with Crippen LogP contribution in [-0.4, -0.2) is 41.2 Å². The summed E-state index contributed by atoms with van der Waals surface area (Å²) < 4.78 is 23.3. The topological polar surface area (TPSA) is 135 Å². The Kier molecular flexibility index (Phi) is 8.59. The van der Waals surface area contributed by atoms with E-state index in [-0.39, 0.29) is 11.7 Å². The molecule has 0 atom stereocenters. The average Bonchev–Trinajstić information content (AvgIpc) is 3.24. The lowest BCUT2D eigenvalue weighted by atomic mass is 10.2. The highest BCUT2D eigenvalue weighted by Crippen LogP contribution is 2.30. The molecular formula is C27H31N7O3S. The summed E-state index contributed by atoms with van der Waals surface area (Å²) in [4.78, 5) is 9.09. The number of rotatable bonds is 9. The predicted octanol–water partition coefficient (Wildman–Crippen LogP) is 2.31. The third-order valence-corrected chi connectivity index (χ3v) is 6.28. The molecule has 0 radical (unpaired) electrons. The van der Waals surface area contributed by atoms with Gasteiger partial charge in [0, 0.05) is 12.3 Å². The summed E-state index contributed by atoms with van der Waals surface area (Å²) in [6.07, 6.45) is 9.10. The number of aromatic nitrogens is 3. The molecular weight excluding hydrogens is 502 g/mol. The van der Waals surface area contributed by atoms with Gasteiger partial charge < -0.3 is 31.0 Å². The maximum Gasteiger partial charge on any atom is 0.191 e. The first-order valence-electron chi connectivity index (χ1n) is 11.9. The SMILES string of the molecule is CCOC1=CC=CC(=c2nc(N)c(=CC(N)=NSCc3ccc(C)cn3)n2-c2c(OC)cccc2OC)N1. The number of nitrogens with two attached hydrogens (primary N) is 2. The Balaban J connectivity index is 1.86. The molecule has 3 heterocycles. The van der Waals surface area contributed by atoms with Crippen molar-refractivity contribution in [3.8, 4) is 17.2 Å². The Morgan fingerprint density at radius 2 is 1.95 bits per heavy atom. The first-order valence-corrected chi connectivity index (χ1v) is 12.9. The van der Waals surface area contributed by atoms with Crippen LogP contribution in [-0.2, 0) is 10.5 Å². The van der Waals surface area contributed by atoms with Crippen molar-refractivity contribution >= 4 is 35.4 Å². The summed E-state index contributed by atoms with van der Waals surface area (Å²) in [7, 11) is 3.18. The number of methoxy groups -OCH3 is 2. The minimum absolute atomic E-state index is 0.256. The number of nitrogen functional groups attached to an aromatic ring is 1. The van der Waals surface area contributed by atoms with Crippen LogP contribution in [0.3, 0.4) is 0 Å². The minimum atomic E-state index is 0.256. The quantitative estimate of drug-likeness (QED) is 0.215. The summed E-state index contributed by atoms with van der Waals surface area (Å²) >= 11 is 1.30. The van der Waals surface area contributed by atoms with Gasteiger partial charge in [0.2, 0.25) is 0 Å². The Bertz CT molecular complexity index is 1490. The van der Waals surface area contributed by atoms with Crippen LogP contribution in [0.15, 0.2) is 65.0 Å². The number of aryl methyl sites for hydroxylation is 1. The summed E-state index contributed by atoms with van der Waals surface area (Å²) in [6, 6.07) is 9.50. The van der Waals surface area contributed by atoms with Gasteiger partial charge in [0.1, 0.15) is 23.0 Å². The molecule has 4 rings (SSSR count). The second-order valence-electron chi connectivity index (χ2n) is 8.17. The van der Waals surface area contributed by atoms with E-state index in [4.69, 9.17) is 25.7 Å². The number of hydrogen-bond donors (Lipinski definition) is 3. The molecule has 0 fully saturated rings. The lowest BCUT2D eigenvalue weighted by Gasteiger charge is -2.17. The smallest absolute Gasteiger partial charge is 0.191 e. The molecule has 11 heteroatoms. The van der Waals surface area contributed by atoms with E-state index < -0.39 is 0 Å². The maximum atomic E-state index is 6.46. The zero-order valence-electron chi connectivity index (χ0n) is 21.8. The Hall–Kier alpha value is -4.38. The van der Waals surface area contributed by atoms with E-state index in [9.17, 15) is 0 Å². The normalized spacial score (nSPS) is 15.2. The van der Waals surface area contributed by atoms with Gasteiger partial charge >= 0.3 is 0 Å². The van der Waals surface area contributed by atoms with Gasteiger partial charge in [0.25, 0.3) is 0 Å². The highest BCUT2D eigenvalue weighted by atomic mass is 32.2. The average molecular weight is 534 g/mol. The van der Waals surface area contributed by atoms with Crippen LogP contribution in [0.2, 0.25) is 0 Å². The number of benzene rings is 1. The molecule has 0 aliphatic carbocycles. The molecule has 1 aliphatic heterocycles. The minimum Gasteiger partial charge on any atom is -0.494 e. The van der Waals surface area contributed by atoms with E-state index in [0.29, 0.717) is 52.0 Å². The van der Waals surface area contributed by atoms with Crippen LogP contribution in [0.5, 0.6) is 11.5 Å². The summed E-state index contributed by atoms with van der Waals surface area (Å²) in [5.74, 6) is 2.82. The Labute approximate surface area is 225 Å². The van der Waals surface area contributed by atoms with Gasteiger partial charge in [-0.1, -0.05) is 18.2 Å². The van der Waals surface area contributed by atoms with E-state index in [0.717, 1.165) is 11.3 Å². The second-order valence-corrected chi connectivity index (χ2v) is 8.90. The third kappa shape index (κ3) is 5.94. The van der Waals surface area contributed by atoms with Crippen LogP contribution in [0.25, 0.3) is 17.5 Å². The van der Waals surface area contributed by atoms with Crippen LogP contribution >= 0.6 is 11.9 Å². The molecule has 3 aromatic rings. The maximum absolute atomic E-state index is 6.46. The molecule has 2 aromatic heterocycles. The number of amidine groups is 1. The summed E-state index contributed by atoms with van der Waals surface area (Å²) in [5, 5.41) is 3.79. The number of para-hydroxylation sites is 1. The fourth-order valence-corrected chi connectivity index (χ4v) is 4.36. The van der Waals surface area contributed by atoms with Crippen LogP contribution < -0.4 is 37.1 Å². The zero-order valence-corrected chi connectivity index (χ0v) is 22.6. The van der Waals surface area contributed by atoms with Crippen molar-refractivity contribution in [2.45, 2.75) is 19.6 Å². The van der Waals surface area contributed by atoms with E-state index in [2.05, 4.69) is 19.7 Å². The third-order valence-electron chi connectivity index (χ3n) is 5.52. The van der Waals surface area contributed by atoms with Gasteiger partial charge in [0.05, 0.1) is 43.3 Å². The number of pyridine rings is 1. The van der Waals surface area contributed by atoms with Crippen LogP contribution in [0, 0.1) is 6.92 Å². The van der Waals surface area contributed by atoms with Crippen LogP contribution in [0.1, 0.15) is 18.2 Å². The molecule has 0 saturated carbocycles. The largest absolute Gasteiger partial charge is 0.494 e. The van der Waals surface area contributed by atoms with Gasteiger partial charge in [-0.25, -0.2) is 4.98 Å². The van der Waals surface area contributed by atoms with Gasteiger partial charge in [-0.05, 0) is 61.7 Å². The molecule has 38 heavy (non-hydrogen) atoms. The number of hydrogen-bond acceptors (Lipinski definition) is 9. The summed E-state index contributed by atoms with van der Waals surface area (Å²) in [5.41, 5.74) is 16.6. The second kappa shape index (κ2) is 12.2. The number of dihydropyridines is 1. The monoisotopic (exact) mass is 533 g/mol. The van der Waals surface area contributed by atoms with Crippen LogP contribution in [0.4, 0.5) is 5.82 Å². The Morgan fingerprint density at radius 3 is 2.61 bits per heavy atom. The molecule has 0 bridgehead atoms. The molecule has 5 N–H and O–H groups in total. The van der Waals surface area contributed by atoms with Crippen molar-refractivity contribution < 1.29 is 14.2 Å². The number of imidazole rings is 1. The van der Waals surface area contributed by atoms with E-state index in [1.165, 1.54) is 11.9 Å². The fourth-order valence-electron chi connectivity index (χ4n) is 3.79. The van der Waals surface area contributed by atoms with Crippen molar-refractivity contribution in [3.05, 3.63) is 82.7 Å². The van der Waals surface area contributed by atoms with Crippen molar-refractivity contribution in [1.82, 2.24) is 19.9 Å². The van der Waals surface area contributed by atoms with Gasteiger partial charge in [0.15, 0.2) is 17.2 Å². The molecule has 198 valence electrons. The molecule has 1 aliphatic rings. The molecule has 0 saturated heterocycles. The number of ether oxygens (including phenoxy) is 3. The molecule has 0 spiro atoms. The Morgan fingerprint density at radius 1 is 1.18 bits per heavy atom. The first kappa shape index (κ1) is 26.7. The highest BCUT2D eigenvalue weighted by molar-refractivity contribution is 7.97. The number of anilines is 1. The standard InChI is InChI=1S/C27H31N7O3S/c1-5-37-24-11-6-8-19(31-24)27-32-26(29)20(34(27)25-21(35-3)9-7-10-22(25)36-4)14-23(28)33-38-16-18-13-12-17(2)15-30-18/h6-15,31H,5,16H2,1-4H3,(H2,28,33)(H2,29,32). The lowest BCUT2D eigenvalue weighted by molar-refractivity contribution is 0.215. The van der Waals surface area contributed by atoms with Crippen molar-refractivity contribution in [2.75, 3.05) is 26.6 Å². The fraction of sp³-hybridized carbons (Fsp3) is 0.222. The number of nitrogens with one attached hydrogen (secondary N) is 1. The number of allylic oxidation sites excluding steroid dienone is 2.